The van der Waals surface area contributed by atoms with Gasteiger partial charge in [0, 0.05) is 13.0 Å². The van der Waals surface area contributed by atoms with Crippen molar-refractivity contribution in [3.63, 3.8) is 0 Å². The molecule has 0 spiro atoms. The fourth-order valence-electron chi connectivity index (χ4n) is 3.04. The first-order valence-electron chi connectivity index (χ1n) is 10.7. The number of aliphatic hydroxyl groups is 1. The molecule has 2 aliphatic rings. The first-order chi connectivity index (χ1) is 16.0. The van der Waals surface area contributed by atoms with Crippen molar-refractivity contribution < 1.29 is 62.1 Å². The quantitative estimate of drug-likeness (QED) is 0.151. The molecule has 13 heteroatoms. The number of rotatable bonds is 19. The molecule has 190 valence electrons. The van der Waals surface area contributed by atoms with E-state index < -0.39 is 30.6 Å². The number of ether oxygens (including phenoxy) is 9. The molecule has 2 heterocycles. The average Bonchev–Trinajstić information content (AvgIpc) is 3.41. The lowest BCUT2D eigenvalue weighted by Crippen LogP contribution is -2.29. The van der Waals surface area contributed by atoms with Gasteiger partial charge in [-0.3, -0.25) is 4.79 Å². The van der Waals surface area contributed by atoms with E-state index in [9.17, 15) is 19.5 Å². The highest BCUT2D eigenvalue weighted by Crippen LogP contribution is 2.17. The normalized spacial score (nSPS) is 22.6. The maximum atomic E-state index is 11.1. The molecule has 1 N–H and O–H groups in total. The average molecular weight is 480 g/mol. The van der Waals surface area contributed by atoms with Crippen LogP contribution in [0.25, 0.3) is 0 Å². The Balaban J connectivity index is 1.66. The summed E-state index contributed by atoms with van der Waals surface area (Å²) in [6, 6.07) is 0. The molecule has 0 aromatic rings. The highest BCUT2D eigenvalue weighted by molar-refractivity contribution is 5.62. The second-order valence-electron chi connectivity index (χ2n) is 7.60. The maximum Gasteiger partial charge on any atom is 0.508 e. The molecule has 0 bridgehead atoms. The predicted molar refractivity (Wildman–Crippen MR) is 106 cm³/mol. The van der Waals surface area contributed by atoms with Crippen LogP contribution in [0.2, 0.25) is 0 Å². The van der Waals surface area contributed by atoms with Crippen molar-refractivity contribution in [1.29, 1.82) is 0 Å². The van der Waals surface area contributed by atoms with Crippen LogP contribution in [-0.4, -0.2) is 115 Å². The third kappa shape index (κ3) is 11.5. The predicted octanol–water partition coefficient (Wildman–Crippen LogP) is 0.0523. The van der Waals surface area contributed by atoms with Crippen molar-refractivity contribution in [3.8, 4) is 0 Å². The second-order valence-corrected chi connectivity index (χ2v) is 7.60. The van der Waals surface area contributed by atoms with Gasteiger partial charge >= 0.3 is 12.3 Å². The number of cyclic esters (lactones) is 4. The number of methoxy groups -OCH3 is 1. The van der Waals surface area contributed by atoms with Gasteiger partial charge in [-0.2, -0.15) is 0 Å². The topological polar surface area (TPSA) is 155 Å². The molecule has 33 heavy (non-hydrogen) atoms. The zero-order valence-electron chi connectivity index (χ0n) is 18.6. The Bertz CT molecular complexity index is 586. The summed E-state index contributed by atoms with van der Waals surface area (Å²) in [6.45, 7) is 1.75. The minimum Gasteiger partial charge on any atom is -0.465 e. The SMILES string of the molecule is COC(COC=O)COCC(CCC1COC(=O)O1)COCC(O)COCC1COC(=O)O1. The molecule has 2 saturated heterocycles. The van der Waals surface area contributed by atoms with Crippen LogP contribution in [-0.2, 0) is 47.4 Å². The lowest BCUT2D eigenvalue weighted by Gasteiger charge is -2.21. The van der Waals surface area contributed by atoms with Gasteiger partial charge in [0.15, 0.2) is 6.10 Å². The Kier molecular flexibility index (Phi) is 12.8. The Morgan fingerprint density at radius 2 is 1.58 bits per heavy atom. The summed E-state index contributed by atoms with van der Waals surface area (Å²) in [5, 5.41) is 10.0. The van der Waals surface area contributed by atoms with Crippen molar-refractivity contribution in [1.82, 2.24) is 0 Å². The van der Waals surface area contributed by atoms with E-state index in [2.05, 4.69) is 9.47 Å². The minimum atomic E-state index is -0.868. The molecular weight excluding hydrogens is 448 g/mol. The Hall–Kier alpha value is -2.19. The number of hydrogen-bond donors (Lipinski definition) is 1. The van der Waals surface area contributed by atoms with Gasteiger partial charge in [-0.25, -0.2) is 9.59 Å². The highest BCUT2D eigenvalue weighted by Gasteiger charge is 2.27. The van der Waals surface area contributed by atoms with Gasteiger partial charge in [-0.15, -0.1) is 0 Å². The van der Waals surface area contributed by atoms with Crippen LogP contribution in [0.1, 0.15) is 12.8 Å². The summed E-state index contributed by atoms with van der Waals surface area (Å²) in [5.74, 6) is -0.0584. The Labute approximate surface area is 191 Å². The number of aliphatic hydroxyl groups excluding tert-OH is 1. The third-order valence-electron chi connectivity index (χ3n) is 4.82. The van der Waals surface area contributed by atoms with Crippen LogP contribution in [0.4, 0.5) is 9.59 Å². The van der Waals surface area contributed by atoms with Gasteiger partial charge in [-0.05, 0) is 12.8 Å². The van der Waals surface area contributed by atoms with Crippen molar-refractivity contribution in [2.45, 2.75) is 37.3 Å². The van der Waals surface area contributed by atoms with Gasteiger partial charge < -0.3 is 47.7 Å². The zero-order chi connectivity index (χ0) is 23.9. The molecule has 2 fully saturated rings. The summed E-state index contributed by atoms with van der Waals surface area (Å²) in [5.41, 5.74) is 0. The van der Waals surface area contributed by atoms with Crippen molar-refractivity contribution in [2.75, 3.05) is 66.6 Å². The number of carbonyl (C=O) groups excluding carboxylic acids is 3. The molecule has 0 aromatic carbocycles. The van der Waals surface area contributed by atoms with Crippen molar-refractivity contribution in [3.05, 3.63) is 0 Å². The molecule has 2 aliphatic heterocycles. The fourth-order valence-corrected chi connectivity index (χ4v) is 3.04. The summed E-state index contributed by atoms with van der Waals surface area (Å²) >= 11 is 0. The van der Waals surface area contributed by atoms with Gasteiger partial charge in [0.05, 0.1) is 39.6 Å². The lowest BCUT2D eigenvalue weighted by molar-refractivity contribution is -0.134. The summed E-state index contributed by atoms with van der Waals surface area (Å²) in [6.07, 6.45) is -2.27. The Morgan fingerprint density at radius 3 is 2.18 bits per heavy atom. The third-order valence-corrected chi connectivity index (χ3v) is 4.82. The first-order valence-corrected chi connectivity index (χ1v) is 10.7. The molecule has 0 saturated carbocycles. The molecule has 0 aliphatic carbocycles. The van der Waals surface area contributed by atoms with Crippen LogP contribution in [0.15, 0.2) is 0 Å². The fraction of sp³-hybridized carbons (Fsp3) is 0.850. The Morgan fingerprint density at radius 1 is 0.939 bits per heavy atom. The molecule has 5 atom stereocenters. The molecule has 5 unspecified atom stereocenters. The molecule has 0 amide bonds. The van der Waals surface area contributed by atoms with E-state index >= 15 is 0 Å². The smallest absolute Gasteiger partial charge is 0.465 e. The second kappa shape index (κ2) is 15.6. The number of carbonyl (C=O) groups is 3. The van der Waals surface area contributed by atoms with E-state index in [1.54, 1.807) is 0 Å². The largest absolute Gasteiger partial charge is 0.508 e. The van der Waals surface area contributed by atoms with E-state index in [4.69, 9.17) is 33.2 Å². The first kappa shape index (κ1) is 27.1. The monoisotopic (exact) mass is 480 g/mol. The standard InChI is InChI=1S/C20H32O13/c1-25-17(9-29-13-21)8-27-5-14(2-3-16-11-30-19(23)32-16)4-26-6-15(22)7-28-10-18-12-31-20(24)33-18/h13-18,22H,2-12H2,1H3. The van der Waals surface area contributed by atoms with E-state index in [0.717, 1.165) is 0 Å². The van der Waals surface area contributed by atoms with E-state index in [1.807, 2.05) is 0 Å². The van der Waals surface area contributed by atoms with E-state index in [1.165, 1.54) is 7.11 Å². The lowest BCUT2D eigenvalue weighted by atomic mass is 10.0. The van der Waals surface area contributed by atoms with Crippen LogP contribution < -0.4 is 0 Å². The van der Waals surface area contributed by atoms with Crippen molar-refractivity contribution >= 4 is 18.8 Å². The van der Waals surface area contributed by atoms with Gasteiger partial charge in [-0.1, -0.05) is 0 Å². The molecule has 2 rings (SSSR count). The van der Waals surface area contributed by atoms with Crippen LogP contribution in [0.3, 0.4) is 0 Å². The van der Waals surface area contributed by atoms with Gasteiger partial charge in [0.1, 0.15) is 38.1 Å². The van der Waals surface area contributed by atoms with E-state index in [0.29, 0.717) is 25.9 Å². The summed E-state index contributed by atoms with van der Waals surface area (Å²) < 4.78 is 45.8. The maximum absolute atomic E-state index is 11.1. The molecule has 13 nitrogen and oxygen atoms in total. The minimum absolute atomic E-state index is 0.0107. The van der Waals surface area contributed by atoms with Crippen LogP contribution >= 0.6 is 0 Å². The summed E-state index contributed by atoms with van der Waals surface area (Å²) in [4.78, 5) is 32.3. The molecule has 0 aromatic heterocycles. The summed E-state index contributed by atoms with van der Waals surface area (Å²) in [7, 11) is 1.49. The van der Waals surface area contributed by atoms with Crippen LogP contribution in [0, 0.1) is 5.92 Å². The molecular formula is C20H32O13. The van der Waals surface area contributed by atoms with Gasteiger partial charge in [0.2, 0.25) is 0 Å². The van der Waals surface area contributed by atoms with Crippen LogP contribution in [0.5, 0.6) is 0 Å². The van der Waals surface area contributed by atoms with Gasteiger partial charge in [0.25, 0.3) is 6.47 Å². The zero-order valence-corrected chi connectivity index (χ0v) is 18.6. The van der Waals surface area contributed by atoms with Crippen molar-refractivity contribution in [2.24, 2.45) is 5.92 Å². The van der Waals surface area contributed by atoms with E-state index in [-0.39, 0.29) is 64.9 Å². The molecule has 0 radical (unpaired) electrons. The number of hydrogen-bond acceptors (Lipinski definition) is 13. The highest BCUT2D eigenvalue weighted by atomic mass is 16.8.